The van der Waals surface area contributed by atoms with E-state index in [0.717, 1.165) is 18.4 Å². The maximum Gasteiger partial charge on any atom is 0.165 e. The van der Waals surface area contributed by atoms with E-state index in [1.165, 1.54) is 19.6 Å². The predicted molar refractivity (Wildman–Crippen MR) is 78.7 cm³/mol. The van der Waals surface area contributed by atoms with Crippen LogP contribution in [0.25, 0.3) is 0 Å². The first kappa shape index (κ1) is 15.3. The van der Waals surface area contributed by atoms with E-state index in [4.69, 9.17) is 10.6 Å². The Balaban J connectivity index is 2.21. The van der Waals surface area contributed by atoms with Gasteiger partial charge in [-0.3, -0.25) is 11.3 Å². The molecule has 1 fully saturated rings. The van der Waals surface area contributed by atoms with Gasteiger partial charge in [-0.1, -0.05) is 19.9 Å². The molecule has 0 bridgehead atoms. The molecule has 3 unspecified atom stereocenters. The average Bonchev–Trinajstić information content (AvgIpc) is 2.38. The van der Waals surface area contributed by atoms with Crippen molar-refractivity contribution in [1.82, 2.24) is 5.43 Å². The first-order valence-electron chi connectivity index (χ1n) is 7.34. The van der Waals surface area contributed by atoms with Crippen LogP contribution < -0.4 is 16.0 Å². The van der Waals surface area contributed by atoms with E-state index in [9.17, 15) is 4.39 Å². The van der Waals surface area contributed by atoms with E-state index in [1.807, 2.05) is 6.07 Å². The van der Waals surface area contributed by atoms with E-state index >= 15 is 0 Å². The van der Waals surface area contributed by atoms with Crippen molar-refractivity contribution in [3.05, 3.63) is 29.6 Å². The quantitative estimate of drug-likeness (QED) is 0.656. The van der Waals surface area contributed by atoms with Crippen LogP contribution in [-0.2, 0) is 0 Å². The molecule has 3 atom stereocenters. The number of ether oxygens (including phenoxy) is 1. The number of hydrazine groups is 1. The molecule has 0 aromatic heterocycles. The molecule has 4 heteroatoms. The van der Waals surface area contributed by atoms with E-state index in [0.29, 0.717) is 17.8 Å². The minimum atomic E-state index is -0.331. The lowest BCUT2D eigenvalue weighted by atomic mass is 9.72. The second-order valence-corrected chi connectivity index (χ2v) is 6.22. The standard InChI is InChI=1S/C16H25FN2O/c1-10-6-11(2)8-13(7-10)16(19-18)12-4-5-15(20-3)14(17)9-12/h4-5,9-11,13,16,19H,6-8,18H2,1-3H3. The van der Waals surface area contributed by atoms with Crippen LogP contribution in [0.4, 0.5) is 4.39 Å². The molecular formula is C16H25FN2O. The van der Waals surface area contributed by atoms with Crippen LogP contribution in [-0.4, -0.2) is 7.11 Å². The molecule has 3 N–H and O–H groups in total. The number of rotatable bonds is 4. The zero-order chi connectivity index (χ0) is 14.7. The molecule has 3 nitrogen and oxygen atoms in total. The Hall–Kier alpha value is -1.13. The Labute approximate surface area is 120 Å². The Morgan fingerprint density at radius 2 is 1.90 bits per heavy atom. The summed E-state index contributed by atoms with van der Waals surface area (Å²) in [6, 6.07) is 5.11. The van der Waals surface area contributed by atoms with E-state index < -0.39 is 0 Å². The van der Waals surface area contributed by atoms with Crippen LogP contribution in [0.1, 0.15) is 44.7 Å². The summed E-state index contributed by atoms with van der Waals surface area (Å²) < 4.78 is 18.8. The third kappa shape index (κ3) is 3.30. The molecule has 1 aromatic carbocycles. The van der Waals surface area contributed by atoms with Crippen molar-refractivity contribution >= 4 is 0 Å². The largest absolute Gasteiger partial charge is 0.494 e. The molecule has 1 aromatic rings. The molecule has 0 amide bonds. The third-order valence-electron chi connectivity index (χ3n) is 4.40. The van der Waals surface area contributed by atoms with Crippen molar-refractivity contribution in [2.45, 2.75) is 39.2 Å². The minimum Gasteiger partial charge on any atom is -0.494 e. The fourth-order valence-electron chi connectivity index (χ4n) is 3.66. The summed E-state index contributed by atoms with van der Waals surface area (Å²) >= 11 is 0. The molecular weight excluding hydrogens is 255 g/mol. The lowest BCUT2D eigenvalue weighted by Crippen LogP contribution is -2.37. The zero-order valence-corrected chi connectivity index (χ0v) is 12.5. The fourth-order valence-corrected chi connectivity index (χ4v) is 3.66. The van der Waals surface area contributed by atoms with Gasteiger partial charge in [0.2, 0.25) is 0 Å². The highest BCUT2D eigenvalue weighted by Gasteiger charge is 2.30. The topological polar surface area (TPSA) is 47.3 Å². The highest BCUT2D eigenvalue weighted by atomic mass is 19.1. The van der Waals surface area contributed by atoms with Crippen molar-refractivity contribution < 1.29 is 9.13 Å². The molecule has 1 saturated carbocycles. The molecule has 0 saturated heterocycles. The second kappa shape index (κ2) is 6.55. The highest BCUT2D eigenvalue weighted by Crippen LogP contribution is 2.40. The summed E-state index contributed by atoms with van der Waals surface area (Å²) in [5.41, 5.74) is 3.79. The first-order valence-corrected chi connectivity index (χ1v) is 7.34. The van der Waals surface area contributed by atoms with Crippen LogP contribution in [0, 0.1) is 23.6 Å². The van der Waals surface area contributed by atoms with Crippen molar-refractivity contribution in [1.29, 1.82) is 0 Å². The highest BCUT2D eigenvalue weighted by molar-refractivity contribution is 5.31. The zero-order valence-electron chi connectivity index (χ0n) is 12.5. The van der Waals surface area contributed by atoms with Gasteiger partial charge in [0.05, 0.1) is 7.11 Å². The Morgan fingerprint density at radius 1 is 1.25 bits per heavy atom. The normalized spacial score (nSPS) is 28.1. The lowest BCUT2D eigenvalue weighted by Gasteiger charge is -2.36. The van der Waals surface area contributed by atoms with Crippen molar-refractivity contribution in [3.63, 3.8) is 0 Å². The summed E-state index contributed by atoms with van der Waals surface area (Å²) in [6.45, 7) is 4.57. The molecule has 1 aliphatic rings. The summed E-state index contributed by atoms with van der Waals surface area (Å²) in [5.74, 6) is 7.53. The van der Waals surface area contributed by atoms with Crippen LogP contribution in [0.5, 0.6) is 5.75 Å². The molecule has 0 radical (unpaired) electrons. The smallest absolute Gasteiger partial charge is 0.165 e. The summed E-state index contributed by atoms with van der Waals surface area (Å²) in [4.78, 5) is 0. The summed E-state index contributed by atoms with van der Waals surface area (Å²) in [5, 5.41) is 0. The molecule has 2 rings (SSSR count). The molecule has 112 valence electrons. The van der Waals surface area contributed by atoms with Gasteiger partial charge in [0.15, 0.2) is 11.6 Å². The van der Waals surface area contributed by atoms with Crippen molar-refractivity contribution in [2.24, 2.45) is 23.6 Å². The minimum absolute atomic E-state index is 0.000561. The number of methoxy groups -OCH3 is 1. The van der Waals surface area contributed by atoms with Crippen LogP contribution >= 0.6 is 0 Å². The van der Waals surface area contributed by atoms with Gasteiger partial charge in [-0.2, -0.15) is 0 Å². The maximum atomic E-state index is 13.9. The van der Waals surface area contributed by atoms with Gasteiger partial charge < -0.3 is 4.74 Å². The third-order valence-corrected chi connectivity index (χ3v) is 4.40. The van der Waals surface area contributed by atoms with Crippen molar-refractivity contribution in [2.75, 3.05) is 7.11 Å². The average molecular weight is 280 g/mol. The van der Waals surface area contributed by atoms with E-state index in [2.05, 4.69) is 19.3 Å². The van der Waals surface area contributed by atoms with Gasteiger partial charge in [-0.15, -0.1) is 0 Å². The SMILES string of the molecule is COc1ccc(C(NN)C2CC(C)CC(C)C2)cc1F. The van der Waals surface area contributed by atoms with E-state index in [1.54, 1.807) is 6.07 Å². The first-order chi connectivity index (χ1) is 9.55. The number of benzene rings is 1. The molecule has 1 aliphatic carbocycles. The van der Waals surface area contributed by atoms with Crippen LogP contribution in [0.3, 0.4) is 0 Å². The number of hydrogen-bond acceptors (Lipinski definition) is 3. The molecule has 0 heterocycles. The Bertz CT molecular complexity index is 442. The monoisotopic (exact) mass is 280 g/mol. The molecule has 20 heavy (non-hydrogen) atoms. The lowest BCUT2D eigenvalue weighted by molar-refractivity contribution is 0.176. The number of nitrogens with one attached hydrogen (secondary N) is 1. The Kier molecular flexibility index (Phi) is 5.00. The fraction of sp³-hybridized carbons (Fsp3) is 0.625. The van der Waals surface area contributed by atoms with E-state index in [-0.39, 0.29) is 17.6 Å². The van der Waals surface area contributed by atoms with Gasteiger partial charge >= 0.3 is 0 Å². The number of nitrogens with two attached hydrogens (primary N) is 1. The van der Waals surface area contributed by atoms with Gasteiger partial charge in [0.1, 0.15) is 0 Å². The second-order valence-electron chi connectivity index (χ2n) is 6.22. The van der Waals surface area contributed by atoms with Crippen molar-refractivity contribution in [3.8, 4) is 5.75 Å². The number of hydrogen-bond donors (Lipinski definition) is 2. The molecule has 0 spiro atoms. The number of halogens is 1. The Morgan fingerprint density at radius 3 is 2.40 bits per heavy atom. The van der Waals surface area contributed by atoms with Gasteiger partial charge in [0, 0.05) is 6.04 Å². The maximum absolute atomic E-state index is 13.9. The molecule has 0 aliphatic heterocycles. The van der Waals surface area contributed by atoms with Crippen LogP contribution in [0.2, 0.25) is 0 Å². The van der Waals surface area contributed by atoms with Gasteiger partial charge in [0.25, 0.3) is 0 Å². The summed E-state index contributed by atoms with van der Waals surface area (Å²) in [6.07, 6.45) is 3.53. The summed E-state index contributed by atoms with van der Waals surface area (Å²) in [7, 11) is 1.47. The van der Waals surface area contributed by atoms with Crippen LogP contribution in [0.15, 0.2) is 18.2 Å². The van der Waals surface area contributed by atoms with Gasteiger partial charge in [-0.25, -0.2) is 4.39 Å². The predicted octanol–water partition coefficient (Wildman–Crippen LogP) is 3.41. The van der Waals surface area contributed by atoms with Gasteiger partial charge in [-0.05, 0) is 54.7 Å².